The van der Waals surface area contributed by atoms with Crippen LogP contribution in [0.25, 0.3) is 0 Å². The van der Waals surface area contributed by atoms with Crippen LogP contribution >= 0.6 is 40.7 Å². The van der Waals surface area contributed by atoms with Crippen LogP contribution in [0.1, 0.15) is 11.6 Å². The van der Waals surface area contributed by atoms with Crippen molar-refractivity contribution in [1.82, 2.24) is 10.2 Å². The Labute approximate surface area is 137 Å². The third-order valence-electron chi connectivity index (χ3n) is 3.06. The molecule has 0 spiro atoms. The van der Waals surface area contributed by atoms with Crippen LogP contribution in [0, 0.1) is 5.82 Å². The molecule has 1 saturated heterocycles. The summed E-state index contributed by atoms with van der Waals surface area (Å²) in [7, 11) is 0. The van der Waals surface area contributed by atoms with Crippen molar-refractivity contribution in [2.75, 3.05) is 26.2 Å². The summed E-state index contributed by atoms with van der Waals surface area (Å²) >= 11 is 3.13. The first-order valence-corrected chi connectivity index (χ1v) is 6.57. The number of hydrogen-bond acceptors (Lipinski definition) is 2. The molecule has 1 N–H and O–H groups in total. The first-order chi connectivity index (χ1) is 8.59. The molecule has 0 unspecified atom stereocenters. The molecule has 1 aliphatic rings. The Morgan fingerprint density at radius 1 is 1.15 bits per heavy atom. The molecule has 0 bridgehead atoms. The van der Waals surface area contributed by atoms with Gasteiger partial charge in [0.15, 0.2) is 0 Å². The Kier molecular flexibility index (Phi) is 9.09. The minimum atomic E-state index is -2.60. The van der Waals surface area contributed by atoms with Crippen molar-refractivity contribution >= 4 is 40.7 Å². The first-order valence-electron chi connectivity index (χ1n) is 5.77. The molecule has 1 aromatic rings. The van der Waals surface area contributed by atoms with Crippen LogP contribution in [0.2, 0.25) is 0 Å². The van der Waals surface area contributed by atoms with Gasteiger partial charge >= 0.3 is 0 Å². The molecule has 8 heteroatoms. The second-order valence-electron chi connectivity index (χ2n) is 4.23. The second kappa shape index (κ2) is 9.10. The van der Waals surface area contributed by atoms with Gasteiger partial charge in [-0.1, -0.05) is 22.0 Å². The van der Waals surface area contributed by atoms with Crippen LogP contribution in [-0.4, -0.2) is 37.5 Å². The summed E-state index contributed by atoms with van der Waals surface area (Å²) in [4.78, 5) is 1.63. The quantitative estimate of drug-likeness (QED) is 0.840. The lowest BCUT2D eigenvalue weighted by Crippen LogP contribution is -2.47. The molecule has 1 heterocycles. The van der Waals surface area contributed by atoms with E-state index in [-0.39, 0.29) is 30.4 Å². The first kappa shape index (κ1) is 20.0. The van der Waals surface area contributed by atoms with Gasteiger partial charge in [-0.3, -0.25) is 4.90 Å². The van der Waals surface area contributed by atoms with E-state index in [4.69, 9.17) is 0 Å². The van der Waals surface area contributed by atoms with Crippen LogP contribution in [-0.2, 0) is 0 Å². The lowest BCUT2D eigenvalue weighted by atomic mass is 10.0. The molecular weight excluding hydrogens is 380 g/mol. The molecule has 1 atom stereocenters. The maximum Gasteiger partial charge on any atom is 0.258 e. The van der Waals surface area contributed by atoms with Gasteiger partial charge in [-0.15, -0.1) is 24.8 Å². The molecule has 2 rings (SSSR count). The van der Waals surface area contributed by atoms with Crippen molar-refractivity contribution in [2.45, 2.75) is 12.5 Å². The Hall–Kier alpha value is -0.0100. The Bertz CT molecular complexity index is 418. The molecule has 2 nitrogen and oxygen atoms in total. The number of nitrogens with zero attached hydrogens (tertiary/aromatic N) is 1. The van der Waals surface area contributed by atoms with E-state index in [0.717, 1.165) is 0 Å². The van der Waals surface area contributed by atoms with E-state index in [1.54, 1.807) is 11.0 Å². The zero-order chi connectivity index (χ0) is 13.1. The molecule has 1 fully saturated rings. The largest absolute Gasteiger partial charge is 0.314 e. The van der Waals surface area contributed by atoms with E-state index in [0.29, 0.717) is 30.7 Å². The van der Waals surface area contributed by atoms with Gasteiger partial charge in [-0.05, 0) is 12.1 Å². The minimum Gasteiger partial charge on any atom is -0.314 e. The highest BCUT2D eigenvalue weighted by Gasteiger charge is 2.32. The smallest absolute Gasteiger partial charge is 0.258 e. The molecule has 1 aromatic carbocycles. The Balaban J connectivity index is 0.00000180. The van der Waals surface area contributed by atoms with Gasteiger partial charge < -0.3 is 5.32 Å². The number of benzene rings is 1. The molecule has 116 valence electrons. The average Bonchev–Trinajstić information content (AvgIpc) is 2.33. The topological polar surface area (TPSA) is 15.3 Å². The molecule has 0 saturated carbocycles. The van der Waals surface area contributed by atoms with Crippen LogP contribution < -0.4 is 5.32 Å². The van der Waals surface area contributed by atoms with E-state index in [9.17, 15) is 13.2 Å². The lowest BCUT2D eigenvalue weighted by molar-refractivity contribution is 0.0164. The Morgan fingerprint density at radius 2 is 1.75 bits per heavy atom. The second-order valence-corrected chi connectivity index (χ2v) is 5.15. The fraction of sp³-hybridized carbons (Fsp3) is 0.500. The SMILES string of the molecule is Cl.Cl.Fc1cc(Br)ccc1[C@@H](C(F)F)N1CCNCC1. The summed E-state index contributed by atoms with van der Waals surface area (Å²) in [6, 6.07) is 3.08. The lowest BCUT2D eigenvalue weighted by Gasteiger charge is -2.34. The zero-order valence-corrected chi connectivity index (χ0v) is 13.7. The van der Waals surface area contributed by atoms with E-state index in [1.165, 1.54) is 12.1 Å². The van der Waals surface area contributed by atoms with Crippen LogP contribution in [0.15, 0.2) is 22.7 Å². The number of piperazine rings is 1. The fourth-order valence-electron chi connectivity index (χ4n) is 2.19. The van der Waals surface area contributed by atoms with Crippen molar-refractivity contribution in [3.8, 4) is 0 Å². The van der Waals surface area contributed by atoms with Crippen molar-refractivity contribution in [3.63, 3.8) is 0 Å². The summed E-state index contributed by atoms with van der Waals surface area (Å²) < 4.78 is 40.8. The van der Waals surface area contributed by atoms with Gasteiger partial charge in [0, 0.05) is 36.2 Å². The third kappa shape index (κ3) is 4.77. The zero-order valence-electron chi connectivity index (χ0n) is 10.5. The van der Waals surface area contributed by atoms with Crippen molar-refractivity contribution in [3.05, 3.63) is 34.1 Å². The van der Waals surface area contributed by atoms with E-state index in [1.807, 2.05) is 0 Å². The highest BCUT2D eigenvalue weighted by molar-refractivity contribution is 9.10. The summed E-state index contributed by atoms with van der Waals surface area (Å²) in [6.45, 7) is 2.32. The van der Waals surface area contributed by atoms with Crippen LogP contribution in [0.4, 0.5) is 13.2 Å². The van der Waals surface area contributed by atoms with Crippen molar-refractivity contribution in [2.24, 2.45) is 0 Å². The third-order valence-corrected chi connectivity index (χ3v) is 3.56. The van der Waals surface area contributed by atoms with Gasteiger partial charge in [-0.25, -0.2) is 13.2 Å². The molecule has 20 heavy (non-hydrogen) atoms. The van der Waals surface area contributed by atoms with E-state index in [2.05, 4.69) is 21.2 Å². The number of rotatable bonds is 3. The average molecular weight is 396 g/mol. The minimum absolute atomic E-state index is 0. The molecule has 0 radical (unpaired) electrons. The van der Waals surface area contributed by atoms with E-state index < -0.39 is 18.3 Å². The standard InChI is InChI=1S/C12H14BrF3N2.2ClH/c13-8-1-2-9(10(14)7-8)11(12(15)16)18-5-3-17-4-6-18;;/h1-2,7,11-12,17H,3-6H2;2*1H/t11-;;/m0../s1. The predicted octanol–water partition coefficient (Wildman–Crippen LogP) is 3.64. The van der Waals surface area contributed by atoms with Gasteiger partial charge in [-0.2, -0.15) is 0 Å². The van der Waals surface area contributed by atoms with Crippen LogP contribution in [0.5, 0.6) is 0 Å². The maximum absolute atomic E-state index is 13.8. The maximum atomic E-state index is 13.8. The summed E-state index contributed by atoms with van der Waals surface area (Å²) in [5.41, 5.74) is 0.0649. The summed E-state index contributed by atoms with van der Waals surface area (Å²) in [6.07, 6.45) is -2.60. The van der Waals surface area contributed by atoms with E-state index >= 15 is 0 Å². The van der Waals surface area contributed by atoms with Crippen molar-refractivity contribution in [1.29, 1.82) is 0 Å². The molecule has 0 aromatic heterocycles. The fourth-order valence-corrected chi connectivity index (χ4v) is 2.53. The summed E-state index contributed by atoms with van der Waals surface area (Å²) in [5, 5.41) is 3.10. The summed E-state index contributed by atoms with van der Waals surface area (Å²) in [5.74, 6) is -0.590. The number of halogens is 6. The molecule has 1 aliphatic heterocycles. The Morgan fingerprint density at radius 3 is 2.25 bits per heavy atom. The van der Waals surface area contributed by atoms with Crippen LogP contribution in [0.3, 0.4) is 0 Å². The molecule has 0 amide bonds. The van der Waals surface area contributed by atoms with Gasteiger partial charge in [0.25, 0.3) is 6.43 Å². The van der Waals surface area contributed by atoms with Gasteiger partial charge in [0.1, 0.15) is 5.82 Å². The number of alkyl halides is 2. The number of nitrogens with one attached hydrogen (secondary N) is 1. The van der Waals surface area contributed by atoms with Gasteiger partial charge in [0.2, 0.25) is 0 Å². The number of hydrogen-bond donors (Lipinski definition) is 1. The molecular formula is C12H16BrCl2F3N2. The highest BCUT2D eigenvalue weighted by Crippen LogP contribution is 2.30. The van der Waals surface area contributed by atoms with Crippen molar-refractivity contribution < 1.29 is 13.2 Å². The monoisotopic (exact) mass is 394 g/mol. The normalized spacial score (nSPS) is 17.2. The molecule has 0 aliphatic carbocycles. The highest BCUT2D eigenvalue weighted by atomic mass is 79.9. The predicted molar refractivity (Wildman–Crippen MR) is 81.8 cm³/mol. The van der Waals surface area contributed by atoms with Gasteiger partial charge in [0.05, 0.1) is 6.04 Å².